The quantitative estimate of drug-likeness (QED) is 0.488. The molecule has 0 bridgehead atoms. The van der Waals surface area contributed by atoms with Crippen molar-refractivity contribution in [2.45, 2.75) is 27.3 Å². The van der Waals surface area contributed by atoms with Gasteiger partial charge in [0.1, 0.15) is 6.33 Å². The van der Waals surface area contributed by atoms with Crippen molar-refractivity contribution in [1.29, 1.82) is 0 Å². The van der Waals surface area contributed by atoms with Crippen molar-refractivity contribution >= 4 is 23.0 Å². The Bertz CT molecular complexity index is 971. The molecule has 1 aromatic heterocycles. The van der Waals surface area contributed by atoms with Crippen molar-refractivity contribution in [3.05, 3.63) is 81.2 Å². The van der Waals surface area contributed by atoms with Gasteiger partial charge >= 0.3 is 5.69 Å². The van der Waals surface area contributed by atoms with E-state index < -0.39 is 4.92 Å². The van der Waals surface area contributed by atoms with Gasteiger partial charge in [0.25, 0.3) is 0 Å². The Labute approximate surface area is 157 Å². The largest absolute Gasteiger partial charge is 0.360 e. The van der Waals surface area contributed by atoms with Crippen LogP contribution in [0.3, 0.4) is 0 Å². The summed E-state index contributed by atoms with van der Waals surface area (Å²) in [6.45, 7) is 6.45. The zero-order chi connectivity index (χ0) is 19.4. The van der Waals surface area contributed by atoms with Crippen LogP contribution in [0.1, 0.15) is 22.3 Å². The summed E-state index contributed by atoms with van der Waals surface area (Å²) < 4.78 is 0. The Kier molecular flexibility index (Phi) is 5.30. The first kappa shape index (κ1) is 18.3. The van der Waals surface area contributed by atoms with Crippen LogP contribution in [0, 0.1) is 30.9 Å². The molecule has 2 aromatic carbocycles. The molecule has 7 nitrogen and oxygen atoms in total. The fraction of sp³-hybridized carbons (Fsp3) is 0.200. The number of benzene rings is 2. The first-order chi connectivity index (χ1) is 12.9. The van der Waals surface area contributed by atoms with E-state index in [2.05, 4.69) is 20.6 Å². The molecule has 0 radical (unpaired) electrons. The van der Waals surface area contributed by atoms with Gasteiger partial charge in [0.15, 0.2) is 0 Å². The van der Waals surface area contributed by atoms with Crippen molar-refractivity contribution in [1.82, 2.24) is 9.97 Å². The van der Waals surface area contributed by atoms with E-state index in [9.17, 15) is 10.1 Å². The number of nitrogens with one attached hydrogen (secondary N) is 2. The number of aryl methyl sites for hydroxylation is 3. The van der Waals surface area contributed by atoms with E-state index in [1.165, 1.54) is 6.33 Å². The number of hydrogen-bond acceptors (Lipinski definition) is 6. The van der Waals surface area contributed by atoms with Crippen LogP contribution in [-0.2, 0) is 6.54 Å². The maximum Gasteiger partial charge on any atom is 0.353 e. The summed E-state index contributed by atoms with van der Waals surface area (Å²) >= 11 is 0. The fourth-order valence-corrected chi connectivity index (χ4v) is 2.62. The zero-order valence-electron chi connectivity index (χ0n) is 15.5. The second-order valence-corrected chi connectivity index (χ2v) is 6.44. The van der Waals surface area contributed by atoms with Crippen molar-refractivity contribution < 1.29 is 4.92 Å². The maximum atomic E-state index is 11.7. The normalized spacial score (nSPS) is 10.5. The van der Waals surface area contributed by atoms with E-state index in [0.717, 1.165) is 27.9 Å². The van der Waals surface area contributed by atoms with E-state index in [1.54, 1.807) is 0 Å². The third-order valence-corrected chi connectivity index (χ3v) is 4.36. The summed E-state index contributed by atoms with van der Waals surface area (Å²) in [5.74, 6) is 0.339. The molecule has 1 heterocycles. The van der Waals surface area contributed by atoms with Crippen LogP contribution in [0.25, 0.3) is 0 Å². The van der Waals surface area contributed by atoms with Crippen LogP contribution < -0.4 is 10.6 Å². The van der Waals surface area contributed by atoms with Crippen molar-refractivity contribution in [3.8, 4) is 0 Å². The molecule has 0 amide bonds. The predicted molar refractivity (Wildman–Crippen MR) is 106 cm³/mol. The highest BCUT2D eigenvalue weighted by molar-refractivity contribution is 5.74. The van der Waals surface area contributed by atoms with Gasteiger partial charge in [0, 0.05) is 12.2 Å². The highest BCUT2D eigenvalue weighted by Crippen LogP contribution is 2.31. The van der Waals surface area contributed by atoms with Crippen LogP contribution >= 0.6 is 0 Å². The zero-order valence-corrected chi connectivity index (χ0v) is 15.5. The number of anilines is 3. The number of aromatic nitrogens is 2. The lowest BCUT2D eigenvalue weighted by Crippen LogP contribution is -2.08. The molecule has 0 saturated heterocycles. The summed E-state index contributed by atoms with van der Waals surface area (Å²) in [6.07, 6.45) is 1.31. The molecule has 3 rings (SSSR count). The van der Waals surface area contributed by atoms with E-state index in [1.807, 2.05) is 63.2 Å². The monoisotopic (exact) mass is 363 g/mol. The summed E-state index contributed by atoms with van der Waals surface area (Å²) in [4.78, 5) is 19.3. The molecular formula is C20H21N5O2. The second kappa shape index (κ2) is 7.82. The first-order valence-corrected chi connectivity index (χ1v) is 8.57. The van der Waals surface area contributed by atoms with E-state index >= 15 is 0 Å². The van der Waals surface area contributed by atoms with Crippen molar-refractivity contribution in [2.24, 2.45) is 0 Å². The summed E-state index contributed by atoms with van der Waals surface area (Å²) in [6, 6.07) is 13.7. The van der Waals surface area contributed by atoms with Crippen molar-refractivity contribution in [3.63, 3.8) is 0 Å². The molecule has 0 aliphatic heterocycles. The fourth-order valence-electron chi connectivity index (χ4n) is 2.62. The smallest absolute Gasteiger partial charge is 0.353 e. The van der Waals surface area contributed by atoms with Gasteiger partial charge in [-0.05, 0) is 49.6 Å². The number of hydrogen-bond donors (Lipinski definition) is 2. The molecule has 0 fully saturated rings. The Balaban J connectivity index is 1.86. The van der Waals surface area contributed by atoms with Gasteiger partial charge in [0.05, 0.1) is 4.92 Å². The molecule has 0 unspecified atom stereocenters. The van der Waals surface area contributed by atoms with Gasteiger partial charge in [-0.1, -0.05) is 35.9 Å². The standard InChI is InChI=1S/C20H21N5O2/c1-13-4-7-16(8-5-13)11-21-19-18(25(26)27)20(23-12-22-19)24-17-9-6-14(2)15(3)10-17/h4-10,12H,11H2,1-3H3,(H2,21,22,23,24). The number of nitro groups is 1. The van der Waals surface area contributed by atoms with Crippen LogP contribution in [0.15, 0.2) is 48.8 Å². The number of nitrogens with zero attached hydrogens (tertiary/aromatic N) is 3. The highest BCUT2D eigenvalue weighted by Gasteiger charge is 2.23. The van der Waals surface area contributed by atoms with Gasteiger partial charge < -0.3 is 10.6 Å². The van der Waals surface area contributed by atoms with Crippen molar-refractivity contribution in [2.75, 3.05) is 10.6 Å². The minimum Gasteiger partial charge on any atom is -0.360 e. The molecule has 3 aromatic rings. The third-order valence-electron chi connectivity index (χ3n) is 4.36. The molecule has 0 aliphatic carbocycles. The minimum absolute atomic E-state index is 0.157. The lowest BCUT2D eigenvalue weighted by atomic mass is 10.1. The Morgan fingerprint density at radius 3 is 2.33 bits per heavy atom. The average molecular weight is 363 g/mol. The van der Waals surface area contributed by atoms with E-state index in [-0.39, 0.29) is 17.3 Å². The van der Waals surface area contributed by atoms with Gasteiger partial charge in [-0.15, -0.1) is 0 Å². The first-order valence-electron chi connectivity index (χ1n) is 8.57. The van der Waals surface area contributed by atoms with E-state index in [4.69, 9.17) is 0 Å². The van der Waals surface area contributed by atoms with Crippen LogP contribution in [-0.4, -0.2) is 14.9 Å². The van der Waals surface area contributed by atoms with Gasteiger partial charge in [-0.25, -0.2) is 9.97 Å². The van der Waals surface area contributed by atoms with E-state index in [0.29, 0.717) is 6.54 Å². The molecule has 0 saturated carbocycles. The SMILES string of the molecule is Cc1ccc(CNc2ncnc(Nc3ccc(C)c(C)c3)c2[N+](=O)[O-])cc1. The second-order valence-electron chi connectivity index (χ2n) is 6.44. The third kappa shape index (κ3) is 4.38. The Morgan fingerprint density at radius 2 is 1.67 bits per heavy atom. The van der Waals surface area contributed by atoms with Gasteiger partial charge in [-0.3, -0.25) is 10.1 Å². The van der Waals surface area contributed by atoms with Crippen LogP contribution in [0.5, 0.6) is 0 Å². The molecule has 2 N–H and O–H groups in total. The maximum absolute atomic E-state index is 11.7. The van der Waals surface area contributed by atoms with Gasteiger partial charge in [0.2, 0.25) is 11.6 Å². The average Bonchev–Trinajstić information content (AvgIpc) is 2.64. The number of rotatable bonds is 6. The summed E-state index contributed by atoms with van der Waals surface area (Å²) in [5, 5.41) is 17.7. The molecule has 0 atom stereocenters. The Morgan fingerprint density at radius 1 is 0.963 bits per heavy atom. The molecule has 27 heavy (non-hydrogen) atoms. The minimum atomic E-state index is -0.471. The highest BCUT2D eigenvalue weighted by atomic mass is 16.6. The molecule has 0 aliphatic rings. The molecular weight excluding hydrogens is 342 g/mol. The Hall–Kier alpha value is -3.48. The molecule has 138 valence electrons. The lowest BCUT2D eigenvalue weighted by Gasteiger charge is -2.11. The summed E-state index contributed by atoms with van der Waals surface area (Å²) in [7, 11) is 0. The predicted octanol–water partition coefficient (Wildman–Crippen LogP) is 4.67. The molecule has 7 heteroatoms. The van der Waals surface area contributed by atoms with Gasteiger partial charge in [-0.2, -0.15) is 0 Å². The summed E-state index contributed by atoms with van der Waals surface area (Å²) in [5.41, 5.74) is 4.98. The van der Waals surface area contributed by atoms with Crippen LogP contribution in [0.4, 0.5) is 23.0 Å². The topological polar surface area (TPSA) is 93.0 Å². The van der Waals surface area contributed by atoms with Crippen LogP contribution in [0.2, 0.25) is 0 Å². The lowest BCUT2D eigenvalue weighted by molar-refractivity contribution is -0.383. The molecule has 0 spiro atoms.